The van der Waals surface area contributed by atoms with E-state index in [0.29, 0.717) is 5.56 Å². The molecule has 1 N–H and O–H groups in total. The van der Waals surface area contributed by atoms with E-state index in [2.05, 4.69) is 10.3 Å². The number of aromatic nitrogens is 1. The Labute approximate surface area is 116 Å². The highest BCUT2D eigenvalue weighted by atomic mass is 32.2. The van der Waals surface area contributed by atoms with Crippen LogP contribution in [0.1, 0.15) is 10.4 Å². The van der Waals surface area contributed by atoms with E-state index in [0.717, 1.165) is 10.7 Å². The van der Waals surface area contributed by atoms with Crippen molar-refractivity contribution in [1.82, 2.24) is 4.98 Å². The molecule has 1 aromatic carbocycles. The fourth-order valence-corrected chi connectivity index (χ4v) is 1.97. The third kappa shape index (κ3) is 3.96. The molecule has 0 aliphatic carbocycles. The molecule has 0 aliphatic heterocycles. The summed E-state index contributed by atoms with van der Waals surface area (Å²) in [4.78, 5) is 16.1. The van der Waals surface area contributed by atoms with E-state index in [1.807, 2.05) is 36.6 Å². The first kappa shape index (κ1) is 13.4. The molecule has 1 heterocycles. The van der Waals surface area contributed by atoms with Gasteiger partial charge in [0, 0.05) is 17.8 Å². The van der Waals surface area contributed by atoms with E-state index in [1.54, 1.807) is 30.6 Å². The quantitative estimate of drug-likeness (QED) is 0.666. The van der Waals surface area contributed by atoms with E-state index in [-0.39, 0.29) is 5.78 Å². The summed E-state index contributed by atoms with van der Waals surface area (Å²) in [6.45, 7) is 0. The van der Waals surface area contributed by atoms with Crippen LogP contribution in [0.25, 0.3) is 0 Å². The Morgan fingerprint density at radius 3 is 2.63 bits per heavy atom. The number of carbonyl (C=O) groups excluding carboxylic acids is 1. The predicted molar refractivity (Wildman–Crippen MR) is 80.2 cm³/mol. The van der Waals surface area contributed by atoms with E-state index in [1.165, 1.54) is 11.8 Å². The number of pyridine rings is 1. The number of nitrogens with one attached hydrogen (secondary N) is 1. The van der Waals surface area contributed by atoms with Crippen LogP contribution in [0.3, 0.4) is 0 Å². The van der Waals surface area contributed by atoms with Gasteiger partial charge < -0.3 is 5.32 Å². The molecule has 96 valence electrons. The first-order valence-corrected chi connectivity index (χ1v) is 7.04. The lowest BCUT2D eigenvalue weighted by Gasteiger charge is -2.07. The molecule has 0 bridgehead atoms. The molecule has 0 fully saturated rings. The minimum atomic E-state index is -0.0126. The van der Waals surface area contributed by atoms with Crippen LogP contribution in [-0.4, -0.2) is 17.0 Å². The van der Waals surface area contributed by atoms with Crippen molar-refractivity contribution in [3.63, 3.8) is 0 Å². The first-order valence-electron chi connectivity index (χ1n) is 5.81. The fraction of sp³-hybridized carbons (Fsp3) is 0.0667. The van der Waals surface area contributed by atoms with Crippen molar-refractivity contribution < 1.29 is 4.79 Å². The average molecular weight is 270 g/mol. The van der Waals surface area contributed by atoms with Crippen molar-refractivity contribution in [3.05, 3.63) is 71.5 Å². The van der Waals surface area contributed by atoms with Gasteiger partial charge in [0.25, 0.3) is 0 Å². The highest BCUT2D eigenvalue weighted by molar-refractivity contribution is 8.02. The van der Waals surface area contributed by atoms with E-state index < -0.39 is 0 Å². The third-order valence-corrected chi connectivity index (χ3v) is 3.13. The molecular weight excluding hydrogens is 256 g/mol. The van der Waals surface area contributed by atoms with Gasteiger partial charge >= 0.3 is 0 Å². The molecule has 0 unspecified atom stereocenters. The number of thioether (sulfide) groups is 1. The number of allylic oxidation sites excluding steroid dienone is 1. The summed E-state index contributed by atoms with van der Waals surface area (Å²) in [5, 5.41) is 3.96. The van der Waals surface area contributed by atoms with Crippen molar-refractivity contribution in [3.8, 4) is 0 Å². The van der Waals surface area contributed by atoms with Crippen LogP contribution in [0.4, 0.5) is 5.69 Å². The number of benzene rings is 1. The number of anilines is 1. The summed E-state index contributed by atoms with van der Waals surface area (Å²) >= 11 is 1.49. The molecule has 0 saturated carbocycles. The summed E-state index contributed by atoms with van der Waals surface area (Å²) in [6.07, 6.45) is 6.96. The van der Waals surface area contributed by atoms with Crippen molar-refractivity contribution in [2.45, 2.75) is 0 Å². The van der Waals surface area contributed by atoms with Gasteiger partial charge in [0.1, 0.15) is 0 Å². The lowest BCUT2D eigenvalue weighted by Crippen LogP contribution is -2.01. The molecule has 4 heteroatoms. The van der Waals surface area contributed by atoms with Crippen molar-refractivity contribution in [1.29, 1.82) is 0 Å². The Hall–Kier alpha value is -2.07. The zero-order valence-electron chi connectivity index (χ0n) is 10.5. The first-order chi connectivity index (χ1) is 9.29. The molecular formula is C15H14N2OS. The van der Waals surface area contributed by atoms with Gasteiger partial charge in [0.05, 0.1) is 16.9 Å². The summed E-state index contributed by atoms with van der Waals surface area (Å²) < 4.78 is 0. The molecule has 1 aromatic heterocycles. The topological polar surface area (TPSA) is 42.0 Å². The zero-order chi connectivity index (χ0) is 13.5. The smallest absolute Gasteiger partial charge is 0.188 e. The van der Waals surface area contributed by atoms with Gasteiger partial charge in [-0.2, -0.15) is 0 Å². The average Bonchev–Trinajstić information content (AvgIpc) is 2.48. The third-order valence-electron chi connectivity index (χ3n) is 2.47. The number of nitrogens with zero attached hydrogens (tertiary/aromatic N) is 1. The maximum atomic E-state index is 12.1. The molecule has 2 aromatic rings. The van der Waals surface area contributed by atoms with Crippen LogP contribution in [-0.2, 0) is 0 Å². The van der Waals surface area contributed by atoms with Gasteiger partial charge in [-0.3, -0.25) is 9.78 Å². The summed E-state index contributed by atoms with van der Waals surface area (Å²) in [5.41, 5.74) is 1.55. The van der Waals surface area contributed by atoms with Gasteiger partial charge in [-0.05, 0) is 18.4 Å². The second-order valence-electron chi connectivity index (χ2n) is 3.81. The molecule has 0 atom stereocenters. The standard InChI is InChI=1S/C15H14N2OS/c1-19-15(17-13-8-5-9-16-11-13)10-14(18)12-6-3-2-4-7-12/h2-11,17H,1H3/b15-10-. The highest BCUT2D eigenvalue weighted by Gasteiger charge is 2.04. The Kier molecular flexibility index (Phi) is 4.75. The molecule has 19 heavy (non-hydrogen) atoms. The molecule has 0 spiro atoms. The maximum absolute atomic E-state index is 12.1. The van der Waals surface area contributed by atoms with Gasteiger partial charge in [0.15, 0.2) is 5.78 Å². The molecule has 0 radical (unpaired) electrons. The molecule has 0 aliphatic rings. The van der Waals surface area contributed by atoms with Gasteiger partial charge in [0.2, 0.25) is 0 Å². The van der Waals surface area contributed by atoms with E-state index >= 15 is 0 Å². The molecule has 3 nitrogen and oxygen atoms in total. The zero-order valence-corrected chi connectivity index (χ0v) is 11.4. The Bertz CT molecular complexity index is 567. The number of carbonyl (C=O) groups is 1. The summed E-state index contributed by atoms with van der Waals surface area (Å²) in [7, 11) is 0. The lowest BCUT2D eigenvalue weighted by molar-refractivity contribution is 0.104. The lowest BCUT2D eigenvalue weighted by atomic mass is 10.1. The Morgan fingerprint density at radius 2 is 2.00 bits per heavy atom. The number of rotatable bonds is 5. The van der Waals surface area contributed by atoms with Crippen LogP contribution < -0.4 is 5.32 Å². The molecule has 0 amide bonds. The molecule has 2 rings (SSSR count). The fourth-order valence-electron chi connectivity index (χ4n) is 1.53. The number of hydrogen-bond acceptors (Lipinski definition) is 4. The van der Waals surface area contributed by atoms with Crippen LogP contribution in [0.2, 0.25) is 0 Å². The second kappa shape index (κ2) is 6.75. The molecule has 0 saturated heterocycles. The van der Waals surface area contributed by atoms with E-state index in [4.69, 9.17) is 0 Å². The highest BCUT2D eigenvalue weighted by Crippen LogP contribution is 2.17. The van der Waals surface area contributed by atoms with Crippen LogP contribution in [0.5, 0.6) is 0 Å². The SMILES string of the molecule is CS/C(=C\C(=O)c1ccccc1)Nc1cccnc1. The van der Waals surface area contributed by atoms with E-state index in [9.17, 15) is 4.79 Å². The van der Waals surface area contributed by atoms with Crippen LogP contribution >= 0.6 is 11.8 Å². The van der Waals surface area contributed by atoms with Crippen LogP contribution in [0, 0.1) is 0 Å². The van der Waals surface area contributed by atoms with Gasteiger partial charge in [-0.15, -0.1) is 11.8 Å². The summed E-state index contributed by atoms with van der Waals surface area (Å²) in [6, 6.07) is 13.0. The normalized spacial score (nSPS) is 11.1. The maximum Gasteiger partial charge on any atom is 0.188 e. The number of ketones is 1. The minimum Gasteiger partial charge on any atom is -0.349 e. The summed E-state index contributed by atoms with van der Waals surface area (Å²) in [5.74, 6) is -0.0126. The number of hydrogen-bond donors (Lipinski definition) is 1. The Balaban J connectivity index is 2.13. The Morgan fingerprint density at radius 1 is 1.21 bits per heavy atom. The van der Waals surface area contributed by atoms with Gasteiger partial charge in [-0.25, -0.2) is 0 Å². The predicted octanol–water partition coefficient (Wildman–Crippen LogP) is 3.58. The monoisotopic (exact) mass is 270 g/mol. The van der Waals surface area contributed by atoms with Gasteiger partial charge in [-0.1, -0.05) is 30.3 Å². The van der Waals surface area contributed by atoms with Crippen LogP contribution in [0.15, 0.2) is 66.0 Å². The largest absolute Gasteiger partial charge is 0.349 e. The second-order valence-corrected chi connectivity index (χ2v) is 4.66. The van der Waals surface area contributed by atoms with Crippen molar-refractivity contribution in [2.24, 2.45) is 0 Å². The van der Waals surface area contributed by atoms with Crippen molar-refractivity contribution in [2.75, 3.05) is 11.6 Å². The minimum absolute atomic E-state index is 0.0126. The van der Waals surface area contributed by atoms with Crippen molar-refractivity contribution >= 4 is 23.2 Å².